The maximum Gasteiger partial charge on any atom is 0.254 e. The van der Waals surface area contributed by atoms with E-state index in [9.17, 15) is 4.79 Å². The van der Waals surface area contributed by atoms with E-state index in [1.54, 1.807) is 6.07 Å². The number of carbonyl (C=O) groups is 1. The number of carbonyl (C=O) groups excluding carboxylic acids is 1. The summed E-state index contributed by atoms with van der Waals surface area (Å²) in [5.41, 5.74) is 8.19. The van der Waals surface area contributed by atoms with Gasteiger partial charge in [-0.1, -0.05) is 36.4 Å². The molecule has 2 aromatic rings. The Labute approximate surface area is 118 Å². The normalized spacial score (nSPS) is 20.4. The van der Waals surface area contributed by atoms with Gasteiger partial charge in [0.2, 0.25) is 0 Å². The van der Waals surface area contributed by atoms with Crippen LogP contribution in [0.4, 0.5) is 0 Å². The van der Waals surface area contributed by atoms with E-state index in [4.69, 9.17) is 5.73 Å². The van der Waals surface area contributed by atoms with Crippen LogP contribution in [0.5, 0.6) is 0 Å². The summed E-state index contributed by atoms with van der Waals surface area (Å²) in [6.07, 6.45) is 9.03. The van der Waals surface area contributed by atoms with E-state index in [0.717, 1.165) is 6.42 Å². The molecule has 1 atom stereocenters. The first kappa shape index (κ1) is 12.6. The predicted octanol–water partition coefficient (Wildman–Crippen LogP) is 2.25. The first-order valence-electron chi connectivity index (χ1n) is 6.69. The van der Waals surface area contributed by atoms with Crippen molar-refractivity contribution in [2.24, 2.45) is 5.73 Å². The minimum absolute atomic E-state index is 0.198. The number of rotatable bonds is 2. The number of allylic oxidation sites excluding steroid dienone is 1. The van der Waals surface area contributed by atoms with Crippen molar-refractivity contribution in [3.05, 3.63) is 71.6 Å². The lowest BCUT2D eigenvalue weighted by Gasteiger charge is -2.28. The molecule has 1 amide bonds. The molecule has 1 aliphatic rings. The second-order valence-corrected chi connectivity index (χ2v) is 5.33. The van der Waals surface area contributed by atoms with Crippen LogP contribution in [0.1, 0.15) is 34.8 Å². The Kier molecular flexibility index (Phi) is 2.90. The molecule has 0 spiro atoms. The lowest BCUT2D eigenvalue weighted by atomic mass is 9.81. The van der Waals surface area contributed by atoms with Gasteiger partial charge in [-0.3, -0.25) is 4.79 Å². The minimum atomic E-state index is -0.400. The Morgan fingerprint density at radius 2 is 2.05 bits per heavy atom. The van der Waals surface area contributed by atoms with Gasteiger partial charge in [-0.05, 0) is 11.6 Å². The highest BCUT2D eigenvalue weighted by molar-refractivity contribution is 5.92. The third-order valence-corrected chi connectivity index (χ3v) is 4.01. The highest BCUT2D eigenvalue weighted by Crippen LogP contribution is 2.32. The van der Waals surface area contributed by atoms with Gasteiger partial charge >= 0.3 is 0 Å². The smallest absolute Gasteiger partial charge is 0.254 e. The largest absolute Gasteiger partial charge is 0.365 e. The van der Waals surface area contributed by atoms with Crippen molar-refractivity contribution in [1.82, 2.24) is 0 Å². The molecule has 3 nitrogen and oxygen atoms in total. The van der Waals surface area contributed by atoms with Crippen LogP contribution >= 0.6 is 0 Å². The Hall–Kier alpha value is -2.42. The maximum absolute atomic E-state index is 11.4. The van der Waals surface area contributed by atoms with Gasteiger partial charge in [0, 0.05) is 25.0 Å². The molecule has 0 aliphatic heterocycles. The number of benzene rings is 1. The van der Waals surface area contributed by atoms with Crippen LogP contribution in [-0.2, 0) is 5.54 Å². The number of amides is 1. The zero-order valence-electron chi connectivity index (χ0n) is 11.4. The van der Waals surface area contributed by atoms with Crippen molar-refractivity contribution in [3.8, 4) is 0 Å². The van der Waals surface area contributed by atoms with Gasteiger partial charge in [0.15, 0.2) is 17.9 Å². The molecule has 0 bridgehead atoms. The summed E-state index contributed by atoms with van der Waals surface area (Å²) in [6, 6.07) is 12.0. The Morgan fingerprint density at radius 3 is 2.85 bits per heavy atom. The van der Waals surface area contributed by atoms with Crippen molar-refractivity contribution < 1.29 is 9.36 Å². The third-order valence-electron chi connectivity index (χ3n) is 4.01. The van der Waals surface area contributed by atoms with Gasteiger partial charge in [-0.15, -0.1) is 0 Å². The molecule has 0 saturated heterocycles. The van der Waals surface area contributed by atoms with Gasteiger partial charge in [0.1, 0.15) is 5.56 Å². The van der Waals surface area contributed by atoms with Crippen molar-refractivity contribution >= 4 is 12.0 Å². The fraction of sp³-hybridized carbons (Fsp3) is 0.176. The molecule has 3 heteroatoms. The van der Waals surface area contributed by atoms with E-state index < -0.39 is 5.91 Å². The molecule has 1 unspecified atom stereocenters. The van der Waals surface area contributed by atoms with E-state index >= 15 is 0 Å². The summed E-state index contributed by atoms with van der Waals surface area (Å²) in [5.74, 6) is -0.400. The highest BCUT2D eigenvalue weighted by Gasteiger charge is 2.38. The number of nitrogens with two attached hydrogens (primary N) is 1. The quantitative estimate of drug-likeness (QED) is 0.832. The Balaban J connectivity index is 2.16. The van der Waals surface area contributed by atoms with Crippen LogP contribution in [0.3, 0.4) is 0 Å². The first-order valence-corrected chi connectivity index (χ1v) is 6.69. The zero-order valence-corrected chi connectivity index (χ0v) is 11.4. The lowest BCUT2D eigenvalue weighted by Crippen LogP contribution is -2.55. The molecule has 3 rings (SSSR count). The van der Waals surface area contributed by atoms with E-state index in [-0.39, 0.29) is 5.54 Å². The second-order valence-electron chi connectivity index (χ2n) is 5.33. The average molecular weight is 265 g/mol. The molecule has 100 valence electrons. The van der Waals surface area contributed by atoms with Crippen LogP contribution in [0, 0.1) is 0 Å². The first-order chi connectivity index (χ1) is 9.61. The molecule has 20 heavy (non-hydrogen) atoms. The molecule has 0 radical (unpaired) electrons. The second kappa shape index (κ2) is 4.60. The monoisotopic (exact) mass is 265 g/mol. The summed E-state index contributed by atoms with van der Waals surface area (Å²) < 4.78 is 2.08. The number of primary amides is 1. The fourth-order valence-corrected chi connectivity index (χ4v) is 2.83. The molecular weight excluding hydrogens is 248 g/mol. The number of pyridine rings is 1. The van der Waals surface area contributed by atoms with Crippen molar-refractivity contribution in [1.29, 1.82) is 0 Å². The molecular formula is C17H17N2O+. The van der Waals surface area contributed by atoms with Crippen LogP contribution < -0.4 is 10.3 Å². The molecule has 1 aliphatic carbocycles. The topological polar surface area (TPSA) is 47.0 Å². The SMILES string of the molecule is CC1([n+]2cccc(C(N)=O)c2)CC=Cc2ccccc21. The summed E-state index contributed by atoms with van der Waals surface area (Å²) in [7, 11) is 0. The number of hydrogen-bond acceptors (Lipinski definition) is 1. The molecule has 1 aromatic carbocycles. The van der Waals surface area contributed by atoms with E-state index in [0.29, 0.717) is 5.56 Å². The number of aromatic nitrogens is 1. The Bertz CT molecular complexity index is 706. The van der Waals surface area contributed by atoms with Gasteiger partial charge in [0.25, 0.3) is 5.91 Å². The summed E-state index contributed by atoms with van der Waals surface area (Å²) in [4.78, 5) is 11.4. The molecule has 2 N–H and O–H groups in total. The van der Waals surface area contributed by atoms with Crippen molar-refractivity contribution in [3.63, 3.8) is 0 Å². The van der Waals surface area contributed by atoms with Crippen molar-refractivity contribution in [2.75, 3.05) is 0 Å². The minimum Gasteiger partial charge on any atom is -0.365 e. The number of fused-ring (bicyclic) bond motifs is 1. The van der Waals surface area contributed by atoms with Crippen LogP contribution in [0.15, 0.2) is 54.9 Å². The summed E-state index contributed by atoms with van der Waals surface area (Å²) >= 11 is 0. The fourth-order valence-electron chi connectivity index (χ4n) is 2.83. The van der Waals surface area contributed by atoms with Gasteiger partial charge < -0.3 is 5.73 Å². The maximum atomic E-state index is 11.4. The molecule has 0 fully saturated rings. The summed E-state index contributed by atoms with van der Waals surface area (Å²) in [5, 5.41) is 0. The van der Waals surface area contributed by atoms with Gasteiger partial charge in [0.05, 0.1) is 0 Å². The standard InChI is InChI=1S/C17H16N2O/c1-17(19-11-5-8-14(12-19)16(18)20)10-4-7-13-6-2-3-9-15(13)17/h2-9,11-12H,10H2,1H3,(H-,18,20)/p+1. The highest BCUT2D eigenvalue weighted by atomic mass is 16.1. The van der Waals surface area contributed by atoms with E-state index in [2.05, 4.69) is 41.8 Å². The summed E-state index contributed by atoms with van der Waals surface area (Å²) in [6.45, 7) is 2.18. The van der Waals surface area contributed by atoms with E-state index in [1.807, 2.05) is 24.5 Å². The van der Waals surface area contributed by atoms with Gasteiger partial charge in [-0.25, -0.2) is 0 Å². The van der Waals surface area contributed by atoms with Gasteiger partial charge in [-0.2, -0.15) is 4.57 Å². The van der Waals surface area contributed by atoms with Crippen LogP contribution in [0.25, 0.3) is 6.08 Å². The predicted molar refractivity (Wildman–Crippen MR) is 78.0 cm³/mol. The van der Waals surface area contributed by atoms with E-state index in [1.165, 1.54) is 11.1 Å². The van der Waals surface area contributed by atoms with Crippen LogP contribution in [-0.4, -0.2) is 5.91 Å². The molecule has 1 aromatic heterocycles. The van der Waals surface area contributed by atoms with Crippen molar-refractivity contribution in [2.45, 2.75) is 18.9 Å². The zero-order chi connectivity index (χ0) is 14.2. The molecule has 1 heterocycles. The number of hydrogen-bond donors (Lipinski definition) is 1. The number of nitrogens with zero attached hydrogens (tertiary/aromatic N) is 1. The Morgan fingerprint density at radius 1 is 1.25 bits per heavy atom. The van der Waals surface area contributed by atoms with Crippen LogP contribution in [0.2, 0.25) is 0 Å². The molecule has 0 saturated carbocycles. The average Bonchev–Trinajstić information content (AvgIpc) is 2.48. The third kappa shape index (κ3) is 1.92. The lowest BCUT2D eigenvalue weighted by molar-refractivity contribution is -0.750.